The van der Waals surface area contributed by atoms with Gasteiger partial charge in [-0.2, -0.15) is 0 Å². The minimum atomic E-state index is -0.143. The van der Waals surface area contributed by atoms with Crippen LogP contribution in [0.25, 0.3) is 0 Å². The molecule has 16 heavy (non-hydrogen) atoms. The number of amides is 1. The third-order valence-electron chi connectivity index (χ3n) is 4.03. The molecule has 0 spiro atoms. The number of halogens is 1. The molecule has 1 unspecified atom stereocenters. The molecule has 0 bridgehead atoms. The predicted octanol–water partition coefficient (Wildman–Crippen LogP) is 2.03. The van der Waals surface area contributed by atoms with Gasteiger partial charge in [-0.3, -0.25) is 4.79 Å². The van der Waals surface area contributed by atoms with Gasteiger partial charge >= 0.3 is 0 Å². The summed E-state index contributed by atoms with van der Waals surface area (Å²) in [5.41, 5.74) is -0.143. The molecule has 1 heterocycles. The van der Waals surface area contributed by atoms with Crippen LogP contribution >= 0.6 is 11.6 Å². The number of hydrogen-bond acceptors (Lipinski definition) is 2. The highest BCUT2D eigenvalue weighted by atomic mass is 35.5. The molecule has 0 N–H and O–H groups in total. The minimum Gasteiger partial charge on any atom is -0.378 e. The number of carbonyl (C=O) groups is 1. The van der Waals surface area contributed by atoms with Crippen molar-refractivity contribution < 1.29 is 9.53 Å². The van der Waals surface area contributed by atoms with Crippen molar-refractivity contribution in [2.45, 2.75) is 37.7 Å². The maximum absolute atomic E-state index is 12.1. The smallest absolute Gasteiger partial charge is 0.225 e. The molecule has 1 saturated heterocycles. The Bertz CT molecular complexity index is 260. The molecular formula is C12H20ClNO2. The van der Waals surface area contributed by atoms with Crippen LogP contribution in [0.4, 0.5) is 0 Å². The predicted molar refractivity (Wildman–Crippen MR) is 63.6 cm³/mol. The first kappa shape index (κ1) is 12.2. The van der Waals surface area contributed by atoms with Crippen molar-refractivity contribution in [1.29, 1.82) is 0 Å². The lowest BCUT2D eigenvalue weighted by molar-refractivity contribution is -0.143. The van der Waals surface area contributed by atoms with E-state index >= 15 is 0 Å². The summed E-state index contributed by atoms with van der Waals surface area (Å²) in [6.45, 7) is 1.71. The fourth-order valence-corrected chi connectivity index (χ4v) is 2.85. The second-order valence-corrected chi connectivity index (χ2v) is 5.37. The van der Waals surface area contributed by atoms with Crippen LogP contribution in [0, 0.1) is 5.92 Å². The van der Waals surface area contributed by atoms with Crippen molar-refractivity contribution in [3.05, 3.63) is 0 Å². The van der Waals surface area contributed by atoms with Crippen LogP contribution in [0.3, 0.4) is 0 Å². The molecule has 1 amide bonds. The number of likely N-dealkylation sites (tertiary alicyclic amines) is 1. The Morgan fingerprint density at radius 1 is 1.56 bits per heavy atom. The molecule has 1 aliphatic heterocycles. The molecule has 2 aliphatic rings. The number of methoxy groups -OCH3 is 1. The first-order valence-corrected chi connectivity index (χ1v) is 6.61. The number of carbonyl (C=O) groups excluding carboxylic acids is 1. The van der Waals surface area contributed by atoms with E-state index < -0.39 is 0 Å². The monoisotopic (exact) mass is 245 g/mol. The molecule has 92 valence electrons. The average Bonchev–Trinajstić information content (AvgIpc) is 2.71. The number of ether oxygens (including phenoxy) is 1. The summed E-state index contributed by atoms with van der Waals surface area (Å²) in [5, 5.41) is 0. The van der Waals surface area contributed by atoms with E-state index in [1.54, 1.807) is 7.11 Å². The maximum atomic E-state index is 12.1. The Balaban J connectivity index is 1.84. The lowest BCUT2D eigenvalue weighted by atomic mass is 9.77. The van der Waals surface area contributed by atoms with E-state index in [0.29, 0.717) is 18.2 Å². The Hall–Kier alpha value is -0.280. The third-order valence-corrected chi connectivity index (χ3v) is 4.46. The van der Waals surface area contributed by atoms with Crippen molar-refractivity contribution in [3.63, 3.8) is 0 Å². The zero-order chi connectivity index (χ0) is 11.6. The van der Waals surface area contributed by atoms with Crippen LogP contribution in [0.5, 0.6) is 0 Å². The lowest BCUT2D eigenvalue weighted by Crippen LogP contribution is -2.44. The van der Waals surface area contributed by atoms with Gasteiger partial charge in [0.05, 0.1) is 12.0 Å². The topological polar surface area (TPSA) is 29.5 Å². The van der Waals surface area contributed by atoms with Crippen molar-refractivity contribution in [3.8, 4) is 0 Å². The molecule has 0 radical (unpaired) electrons. The van der Waals surface area contributed by atoms with Gasteiger partial charge in [0.15, 0.2) is 0 Å². The molecule has 2 fully saturated rings. The van der Waals surface area contributed by atoms with E-state index in [0.717, 1.165) is 32.4 Å². The Morgan fingerprint density at radius 2 is 2.31 bits per heavy atom. The average molecular weight is 246 g/mol. The maximum Gasteiger partial charge on any atom is 0.225 e. The van der Waals surface area contributed by atoms with Crippen LogP contribution in [0.1, 0.15) is 32.1 Å². The zero-order valence-corrected chi connectivity index (χ0v) is 10.6. The highest BCUT2D eigenvalue weighted by Gasteiger charge is 2.40. The molecule has 4 heteroatoms. The molecular weight excluding hydrogens is 226 g/mol. The fourth-order valence-electron chi connectivity index (χ4n) is 2.60. The molecule has 0 aromatic rings. The molecule has 1 aliphatic carbocycles. The van der Waals surface area contributed by atoms with E-state index in [9.17, 15) is 4.79 Å². The van der Waals surface area contributed by atoms with Crippen LogP contribution in [-0.4, -0.2) is 42.5 Å². The van der Waals surface area contributed by atoms with E-state index in [-0.39, 0.29) is 11.5 Å². The van der Waals surface area contributed by atoms with Gasteiger partial charge in [-0.05, 0) is 31.6 Å². The molecule has 1 atom stereocenters. The quantitative estimate of drug-likeness (QED) is 0.710. The molecule has 0 aromatic heterocycles. The number of nitrogens with zero attached hydrogens (tertiary/aromatic N) is 1. The Labute approximate surface area is 102 Å². The first-order chi connectivity index (χ1) is 7.69. The summed E-state index contributed by atoms with van der Waals surface area (Å²) in [6, 6.07) is 0. The second kappa shape index (κ2) is 4.92. The normalized spacial score (nSPS) is 27.9. The highest BCUT2D eigenvalue weighted by molar-refractivity contribution is 6.18. The van der Waals surface area contributed by atoms with Crippen LogP contribution in [0.15, 0.2) is 0 Å². The van der Waals surface area contributed by atoms with Crippen molar-refractivity contribution in [1.82, 2.24) is 4.90 Å². The summed E-state index contributed by atoms with van der Waals surface area (Å²) in [4.78, 5) is 14.0. The zero-order valence-electron chi connectivity index (χ0n) is 9.88. The Kier molecular flexibility index (Phi) is 3.75. The van der Waals surface area contributed by atoms with Gasteiger partial charge in [-0.1, -0.05) is 0 Å². The van der Waals surface area contributed by atoms with Crippen molar-refractivity contribution in [2.24, 2.45) is 5.92 Å². The fraction of sp³-hybridized carbons (Fsp3) is 0.917. The molecule has 0 aromatic carbocycles. The van der Waals surface area contributed by atoms with Crippen molar-refractivity contribution >= 4 is 17.5 Å². The van der Waals surface area contributed by atoms with Gasteiger partial charge in [0.1, 0.15) is 0 Å². The van der Waals surface area contributed by atoms with Crippen LogP contribution in [-0.2, 0) is 9.53 Å². The third kappa shape index (κ3) is 2.35. The van der Waals surface area contributed by atoms with Crippen LogP contribution < -0.4 is 0 Å². The lowest BCUT2D eigenvalue weighted by Gasteiger charge is -2.40. The first-order valence-electron chi connectivity index (χ1n) is 6.08. The highest BCUT2D eigenvalue weighted by Crippen LogP contribution is 2.38. The summed E-state index contributed by atoms with van der Waals surface area (Å²) >= 11 is 5.81. The standard InChI is InChI=1S/C12H20ClNO2/c1-16-12(4-2-5-12)7-11(15)14-6-3-10(8-13)9-14/h10H,2-9H2,1H3. The SMILES string of the molecule is COC1(CC(=O)N2CCC(CCl)C2)CCC1. The number of alkyl halides is 1. The number of rotatable bonds is 4. The molecule has 3 nitrogen and oxygen atoms in total. The number of hydrogen-bond donors (Lipinski definition) is 0. The van der Waals surface area contributed by atoms with Crippen LogP contribution in [0.2, 0.25) is 0 Å². The van der Waals surface area contributed by atoms with Gasteiger partial charge in [0.2, 0.25) is 5.91 Å². The van der Waals surface area contributed by atoms with Gasteiger partial charge in [0, 0.05) is 26.1 Å². The van der Waals surface area contributed by atoms with Gasteiger partial charge in [-0.25, -0.2) is 0 Å². The van der Waals surface area contributed by atoms with Gasteiger partial charge in [-0.15, -0.1) is 11.6 Å². The largest absolute Gasteiger partial charge is 0.378 e. The summed E-state index contributed by atoms with van der Waals surface area (Å²) < 4.78 is 5.48. The Morgan fingerprint density at radius 3 is 2.75 bits per heavy atom. The van der Waals surface area contributed by atoms with Crippen molar-refractivity contribution in [2.75, 3.05) is 26.1 Å². The van der Waals surface area contributed by atoms with E-state index in [4.69, 9.17) is 16.3 Å². The van der Waals surface area contributed by atoms with Gasteiger partial charge < -0.3 is 9.64 Å². The second-order valence-electron chi connectivity index (χ2n) is 5.07. The minimum absolute atomic E-state index is 0.143. The molecule has 1 saturated carbocycles. The summed E-state index contributed by atoms with van der Waals surface area (Å²) in [7, 11) is 1.72. The molecule has 2 rings (SSSR count). The van der Waals surface area contributed by atoms with E-state index in [1.807, 2.05) is 4.90 Å². The van der Waals surface area contributed by atoms with E-state index in [1.165, 1.54) is 6.42 Å². The van der Waals surface area contributed by atoms with Gasteiger partial charge in [0.25, 0.3) is 0 Å². The summed E-state index contributed by atoms with van der Waals surface area (Å²) in [5.74, 6) is 1.40. The van der Waals surface area contributed by atoms with E-state index in [2.05, 4.69) is 0 Å². The summed E-state index contributed by atoms with van der Waals surface area (Å²) in [6.07, 6.45) is 4.85.